The zero-order valence-electron chi connectivity index (χ0n) is 23.4. The Hall–Kier alpha value is -3.42. The molecule has 4 rings (SSSR count). The van der Waals surface area contributed by atoms with Crippen LogP contribution in [0, 0.1) is 0 Å². The summed E-state index contributed by atoms with van der Waals surface area (Å²) in [6.45, 7) is 4.97. The largest absolute Gasteiger partial charge is 0.493 e. The van der Waals surface area contributed by atoms with Crippen LogP contribution in [-0.4, -0.2) is 68.8 Å². The Morgan fingerprint density at radius 1 is 0.780 bits per heavy atom. The molecule has 2 aromatic carbocycles. The van der Waals surface area contributed by atoms with Crippen molar-refractivity contribution in [1.82, 2.24) is 15.0 Å². The number of rotatable bonds is 16. The lowest BCUT2D eigenvalue weighted by atomic mass is 10.1. The second kappa shape index (κ2) is 15.5. The molecular weight excluding hydrogens is 562 g/mol. The second-order valence-corrected chi connectivity index (χ2v) is 11.1. The van der Waals surface area contributed by atoms with Crippen LogP contribution in [-0.2, 0) is 14.2 Å². The number of methoxy groups -OCH3 is 2. The Morgan fingerprint density at radius 2 is 1.46 bits per heavy atom. The first-order valence-corrected chi connectivity index (χ1v) is 14.8. The van der Waals surface area contributed by atoms with Crippen LogP contribution in [0.15, 0.2) is 59.8 Å². The Morgan fingerprint density at radius 3 is 2.15 bits per heavy atom. The fourth-order valence-corrected chi connectivity index (χ4v) is 6.01. The molecule has 2 aromatic heterocycles. The molecule has 10 nitrogen and oxygen atoms in total. The SMILES string of the molecule is COCCOCCOCCOc1cc(-c2nc(C(C)Sc3nc(N)cc(N)n3)c(-c3ccccc3)s2)ccc1OC. The van der Waals surface area contributed by atoms with Crippen LogP contribution >= 0.6 is 23.1 Å². The first-order valence-electron chi connectivity index (χ1n) is 13.1. The van der Waals surface area contributed by atoms with Gasteiger partial charge in [-0.3, -0.25) is 0 Å². The van der Waals surface area contributed by atoms with Crippen molar-refractivity contribution in [3.8, 4) is 32.5 Å². The maximum absolute atomic E-state index is 6.03. The molecule has 41 heavy (non-hydrogen) atoms. The van der Waals surface area contributed by atoms with Crippen molar-refractivity contribution in [3.05, 3.63) is 60.3 Å². The van der Waals surface area contributed by atoms with E-state index in [2.05, 4.69) is 29.0 Å². The molecule has 0 fully saturated rings. The molecule has 0 radical (unpaired) electrons. The summed E-state index contributed by atoms with van der Waals surface area (Å²) in [5, 5.41) is 1.30. The van der Waals surface area contributed by atoms with Crippen LogP contribution in [0.1, 0.15) is 17.9 Å². The number of benzene rings is 2. The van der Waals surface area contributed by atoms with Crippen molar-refractivity contribution in [2.45, 2.75) is 17.3 Å². The van der Waals surface area contributed by atoms with Crippen molar-refractivity contribution in [2.24, 2.45) is 0 Å². The van der Waals surface area contributed by atoms with Gasteiger partial charge in [0.15, 0.2) is 16.7 Å². The molecule has 12 heteroatoms. The molecule has 0 bridgehead atoms. The lowest BCUT2D eigenvalue weighted by molar-refractivity contribution is 0.0178. The first-order chi connectivity index (χ1) is 20.0. The van der Waals surface area contributed by atoms with Gasteiger partial charge in [-0.15, -0.1) is 11.3 Å². The van der Waals surface area contributed by atoms with Gasteiger partial charge in [0.1, 0.15) is 23.3 Å². The molecular formula is C29H35N5O5S2. The number of anilines is 2. The van der Waals surface area contributed by atoms with E-state index in [1.165, 1.54) is 11.8 Å². The number of nitrogen functional groups attached to an aromatic ring is 2. The molecule has 4 aromatic rings. The van der Waals surface area contributed by atoms with E-state index >= 15 is 0 Å². The van der Waals surface area contributed by atoms with Gasteiger partial charge in [0.25, 0.3) is 0 Å². The van der Waals surface area contributed by atoms with E-state index < -0.39 is 0 Å². The summed E-state index contributed by atoms with van der Waals surface area (Å²) in [4.78, 5) is 14.8. The maximum Gasteiger partial charge on any atom is 0.192 e. The molecule has 0 amide bonds. The van der Waals surface area contributed by atoms with Crippen molar-refractivity contribution in [1.29, 1.82) is 0 Å². The molecule has 0 aliphatic heterocycles. The molecule has 0 saturated carbocycles. The topological polar surface area (TPSA) is 137 Å². The van der Waals surface area contributed by atoms with E-state index in [9.17, 15) is 0 Å². The van der Waals surface area contributed by atoms with Gasteiger partial charge in [-0.05, 0) is 30.7 Å². The minimum Gasteiger partial charge on any atom is -0.493 e. The van der Waals surface area contributed by atoms with Crippen molar-refractivity contribution in [3.63, 3.8) is 0 Å². The quantitative estimate of drug-likeness (QED) is 0.0982. The smallest absolute Gasteiger partial charge is 0.192 e. The van der Waals surface area contributed by atoms with Gasteiger partial charge in [-0.25, -0.2) is 15.0 Å². The highest BCUT2D eigenvalue weighted by molar-refractivity contribution is 7.99. The summed E-state index contributed by atoms with van der Waals surface area (Å²) >= 11 is 3.08. The van der Waals surface area contributed by atoms with Gasteiger partial charge < -0.3 is 35.2 Å². The fraction of sp³-hybridized carbons (Fsp3) is 0.345. The Labute approximate surface area is 248 Å². The van der Waals surface area contributed by atoms with Crippen LogP contribution in [0.3, 0.4) is 0 Å². The zero-order valence-corrected chi connectivity index (χ0v) is 25.0. The number of nitrogens with zero attached hydrogens (tertiary/aromatic N) is 3. The third-order valence-electron chi connectivity index (χ3n) is 5.80. The predicted octanol–water partition coefficient (Wildman–Crippen LogP) is 5.35. The average molecular weight is 598 g/mol. The Kier molecular flexibility index (Phi) is 11.6. The van der Waals surface area contributed by atoms with Crippen LogP contribution < -0.4 is 20.9 Å². The van der Waals surface area contributed by atoms with Gasteiger partial charge in [-0.2, -0.15) is 0 Å². The summed E-state index contributed by atoms with van der Waals surface area (Å²) in [5.74, 6) is 1.92. The molecule has 2 heterocycles. The molecule has 0 spiro atoms. The summed E-state index contributed by atoms with van der Waals surface area (Å²) < 4.78 is 27.5. The number of nitrogens with two attached hydrogens (primary N) is 2. The van der Waals surface area contributed by atoms with Gasteiger partial charge in [-0.1, -0.05) is 42.1 Å². The summed E-state index contributed by atoms with van der Waals surface area (Å²) in [6.07, 6.45) is 0. The maximum atomic E-state index is 6.03. The molecule has 1 unspecified atom stereocenters. The number of hydrogen-bond donors (Lipinski definition) is 2. The molecule has 218 valence electrons. The fourth-order valence-electron chi connectivity index (χ4n) is 3.85. The molecule has 0 aliphatic carbocycles. The molecule has 1 atom stereocenters. The van der Waals surface area contributed by atoms with E-state index in [-0.39, 0.29) is 5.25 Å². The number of hydrogen-bond acceptors (Lipinski definition) is 12. The second-order valence-electron chi connectivity index (χ2n) is 8.79. The Balaban J connectivity index is 1.52. The van der Waals surface area contributed by atoms with Gasteiger partial charge in [0.05, 0.1) is 56.0 Å². The minimum absolute atomic E-state index is 0.0685. The number of thioether (sulfide) groups is 1. The van der Waals surface area contributed by atoms with Crippen molar-refractivity contribution < 1.29 is 23.7 Å². The van der Waals surface area contributed by atoms with Crippen LogP contribution in [0.2, 0.25) is 0 Å². The minimum atomic E-state index is -0.0685. The molecule has 0 aliphatic rings. The highest BCUT2D eigenvalue weighted by Gasteiger charge is 2.22. The summed E-state index contributed by atoms with van der Waals surface area (Å²) in [5.41, 5.74) is 14.7. The van der Waals surface area contributed by atoms with E-state index in [1.807, 2.05) is 36.4 Å². The van der Waals surface area contributed by atoms with E-state index in [4.69, 9.17) is 40.1 Å². The van der Waals surface area contributed by atoms with Crippen molar-refractivity contribution >= 4 is 34.7 Å². The van der Waals surface area contributed by atoms with Gasteiger partial charge in [0.2, 0.25) is 0 Å². The highest BCUT2D eigenvalue weighted by Crippen LogP contribution is 2.44. The predicted molar refractivity (Wildman–Crippen MR) is 164 cm³/mol. The summed E-state index contributed by atoms with van der Waals surface area (Å²) in [6, 6.07) is 17.6. The lowest BCUT2D eigenvalue weighted by Crippen LogP contribution is -2.12. The van der Waals surface area contributed by atoms with Crippen LogP contribution in [0.4, 0.5) is 11.6 Å². The first kappa shape index (κ1) is 30.5. The number of ether oxygens (including phenoxy) is 5. The van der Waals surface area contributed by atoms with E-state index in [0.29, 0.717) is 67.9 Å². The zero-order chi connectivity index (χ0) is 29.0. The molecule has 4 N–H and O–H groups in total. The normalized spacial score (nSPS) is 11.9. The van der Waals surface area contributed by atoms with Crippen LogP contribution in [0.5, 0.6) is 11.5 Å². The third-order valence-corrected chi connectivity index (χ3v) is 7.94. The standard InChI is InChI=1S/C29H35N5O5S2/c1-19(40-29-32-24(30)18-25(31)33-29)26-27(20-7-5-4-6-8-20)41-28(34-26)21-9-10-22(36-3)23(17-21)39-16-15-38-14-13-37-12-11-35-2/h4-10,17-19H,11-16H2,1-3H3,(H4,30,31,32,33). The summed E-state index contributed by atoms with van der Waals surface area (Å²) in [7, 11) is 3.26. The van der Waals surface area contributed by atoms with E-state index in [0.717, 1.165) is 26.7 Å². The molecule has 0 saturated heterocycles. The monoisotopic (exact) mass is 597 g/mol. The van der Waals surface area contributed by atoms with Crippen molar-refractivity contribution in [2.75, 3.05) is 65.3 Å². The van der Waals surface area contributed by atoms with Crippen LogP contribution in [0.25, 0.3) is 21.0 Å². The number of aromatic nitrogens is 3. The third kappa shape index (κ3) is 8.78. The average Bonchev–Trinajstić information content (AvgIpc) is 3.42. The van der Waals surface area contributed by atoms with Gasteiger partial charge in [0, 0.05) is 18.7 Å². The van der Waals surface area contributed by atoms with E-state index in [1.54, 1.807) is 31.6 Å². The lowest BCUT2D eigenvalue weighted by Gasteiger charge is -2.12. The highest BCUT2D eigenvalue weighted by atomic mass is 32.2. The van der Waals surface area contributed by atoms with Gasteiger partial charge >= 0.3 is 0 Å². The number of thiazole rings is 1. The Bertz CT molecular complexity index is 1370.